The van der Waals surface area contributed by atoms with E-state index >= 15 is 0 Å². The summed E-state index contributed by atoms with van der Waals surface area (Å²) in [7, 11) is 0. The van der Waals surface area contributed by atoms with E-state index in [1.165, 1.54) is 0 Å². The number of benzene rings is 1. The van der Waals surface area contributed by atoms with E-state index in [1.54, 1.807) is 13.8 Å². The minimum atomic E-state index is -0.804. The van der Waals surface area contributed by atoms with Gasteiger partial charge in [0.2, 0.25) is 0 Å². The summed E-state index contributed by atoms with van der Waals surface area (Å²) in [5.41, 5.74) is 4.86. The third-order valence-electron chi connectivity index (χ3n) is 1.86. The lowest BCUT2D eigenvalue weighted by Gasteiger charge is -2.10. The van der Waals surface area contributed by atoms with E-state index in [1.807, 2.05) is 0 Å². The molecule has 6 heteroatoms. The number of rotatable bonds is 4. The fourth-order valence-corrected chi connectivity index (χ4v) is 1.16. The first-order valence-electron chi connectivity index (χ1n) is 5.07. The Labute approximate surface area is 97.8 Å². The van der Waals surface area contributed by atoms with Crippen LogP contribution in [0.1, 0.15) is 13.8 Å². The summed E-state index contributed by atoms with van der Waals surface area (Å²) < 4.78 is 31.1. The smallest absolute Gasteiger partial charge is 0.258 e. The molecule has 0 aliphatic rings. The van der Waals surface area contributed by atoms with E-state index in [0.29, 0.717) is 0 Å². The fraction of sp³-hybridized carbons (Fsp3) is 0.364. The van der Waals surface area contributed by atoms with Crippen molar-refractivity contribution in [2.45, 2.75) is 19.9 Å². The summed E-state index contributed by atoms with van der Waals surface area (Å²) >= 11 is 0. The van der Waals surface area contributed by atoms with Crippen LogP contribution in [-0.4, -0.2) is 18.6 Å². The van der Waals surface area contributed by atoms with Gasteiger partial charge in [-0.15, -0.1) is 0 Å². The second kappa shape index (κ2) is 5.47. The molecule has 0 atom stereocenters. The van der Waals surface area contributed by atoms with E-state index in [0.717, 1.165) is 12.1 Å². The van der Waals surface area contributed by atoms with Gasteiger partial charge in [0.15, 0.2) is 18.2 Å². The monoisotopic (exact) mass is 244 g/mol. The largest absolute Gasteiger partial charge is 0.481 e. The maximum absolute atomic E-state index is 13.2. The Kier molecular flexibility index (Phi) is 4.25. The average Bonchev–Trinajstić information content (AvgIpc) is 2.20. The summed E-state index contributed by atoms with van der Waals surface area (Å²) in [5.74, 6) is -2.33. The molecule has 0 bridgehead atoms. The molecule has 0 aliphatic carbocycles. The summed E-state index contributed by atoms with van der Waals surface area (Å²) in [6.45, 7) is 3.18. The van der Waals surface area contributed by atoms with Gasteiger partial charge < -0.3 is 15.8 Å². The van der Waals surface area contributed by atoms with Crippen LogP contribution in [-0.2, 0) is 4.79 Å². The molecule has 1 aromatic rings. The van der Waals surface area contributed by atoms with Crippen molar-refractivity contribution >= 4 is 11.6 Å². The van der Waals surface area contributed by atoms with Crippen molar-refractivity contribution in [3.05, 3.63) is 23.8 Å². The van der Waals surface area contributed by atoms with Crippen LogP contribution in [0.4, 0.5) is 14.5 Å². The standard InChI is InChI=1S/C11H14F2N2O2/c1-6(2)15-11(16)5-17-10-4-7(12)9(14)3-8(10)13/h3-4,6H,5,14H2,1-2H3,(H,15,16). The van der Waals surface area contributed by atoms with Crippen LogP contribution in [0.5, 0.6) is 5.75 Å². The molecular formula is C11H14F2N2O2. The summed E-state index contributed by atoms with van der Waals surface area (Å²) in [6.07, 6.45) is 0. The minimum absolute atomic E-state index is 0.0425. The van der Waals surface area contributed by atoms with Gasteiger partial charge in [-0.1, -0.05) is 0 Å². The van der Waals surface area contributed by atoms with Crippen LogP contribution in [0, 0.1) is 11.6 Å². The lowest BCUT2D eigenvalue weighted by atomic mass is 10.3. The number of carbonyl (C=O) groups excluding carboxylic acids is 1. The van der Waals surface area contributed by atoms with Gasteiger partial charge in [0, 0.05) is 18.2 Å². The molecule has 94 valence electrons. The first-order valence-corrected chi connectivity index (χ1v) is 5.07. The predicted molar refractivity (Wildman–Crippen MR) is 59.5 cm³/mol. The molecule has 0 fully saturated rings. The minimum Gasteiger partial charge on any atom is -0.481 e. The molecule has 1 rings (SSSR count). The molecule has 1 amide bonds. The zero-order valence-corrected chi connectivity index (χ0v) is 9.59. The van der Waals surface area contributed by atoms with Gasteiger partial charge in [-0.05, 0) is 13.8 Å². The predicted octanol–water partition coefficient (Wildman–Crippen LogP) is 1.45. The molecule has 0 saturated carbocycles. The molecule has 4 nitrogen and oxygen atoms in total. The van der Waals surface area contributed by atoms with Crippen LogP contribution in [0.25, 0.3) is 0 Å². The van der Waals surface area contributed by atoms with E-state index in [2.05, 4.69) is 5.32 Å². The maximum Gasteiger partial charge on any atom is 0.258 e. The van der Waals surface area contributed by atoms with Gasteiger partial charge in [-0.2, -0.15) is 0 Å². The topological polar surface area (TPSA) is 64.3 Å². The molecule has 1 aromatic carbocycles. The quantitative estimate of drug-likeness (QED) is 0.788. The molecule has 17 heavy (non-hydrogen) atoms. The van der Waals surface area contributed by atoms with Crippen LogP contribution >= 0.6 is 0 Å². The van der Waals surface area contributed by atoms with Crippen molar-refractivity contribution in [3.8, 4) is 5.75 Å². The summed E-state index contributed by atoms with van der Waals surface area (Å²) in [5, 5.41) is 2.55. The molecule has 0 heterocycles. The highest BCUT2D eigenvalue weighted by Crippen LogP contribution is 2.22. The normalized spacial score (nSPS) is 10.4. The number of nitrogen functional groups attached to an aromatic ring is 1. The number of anilines is 1. The number of nitrogens with two attached hydrogens (primary N) is 1. The molecule has 0 aliphatic heterocycles. The fourth-order valence-electron chi connectivity index (χ4n) is 1.16. The number of hydrogen-bond acceptors (Lipinski definition) is 3. The molecule has 0 aromatic heterocycles. The SMILES string of the molecule is CC(C)NC(=O)COc1cc(F)c(N)cc1F. The lowest BCUT2D eigenvalue weighted by Crippen LogP contribution is -2.34. The summed E-state index contributed by atoms with van der Waals surface area (Å²) in [6, 6.07) is 1.58. The van der Waals surface area contributed by atoms with Crippen molar-refractivity contribution in [3.63, 3.8) is 0 Å². The third-order valence-corrected chi connectivity index (χ3v) is 1.86. The van der Waals surface area contributed by atoms with Crippen LogP contribution in [0.2, 0.25) is 0 Å². The first-order chi connectivity index (χ1) is 7.90. The number of halogens is 2. The number of amides is 1. The van der Waals surface area contributed by atoms with E-state index in [-0.39, 0.29) is 24.1 Å². The molecule has 0 saturated heterocycles. The first kappa shape index (κ1) is 13.2. The van der Waals surface area contributed by atoms with E-state index in [9.17, 15) is 13.6 Å². The van der Waals surface area contributed by atoms with E-state index < -0.39 is 17.5 Å². The zero-order chi connectivity index (χ0) is 13.0. The van der Waals surface area contributed by atoms with E-state index in [4.69, 9.17) is 10.5 Å². The lowest BCUT2D eigenvalue weighted by molar-refractivity contribution is -0.123. The van der Waals surface area contributed by atoms with Crippen LogP contribution < -0.4 is 15.8 Å². The third kappa shape index (κ3) is 3.90. The Morgan fingerprint density at radius 1 is 1.41 bits per heavy atom. The zero-order valence-electron chi connectivity index (χ0n) is 9.59. The molecule has 0 unspecified atom stereocenters. The van der Waals surface area contributed by atoms with Crippen molar-refractivity contribution in [2.24, 2.45) is 0 Å². The Morgan fingerprint density at radius 2 is 2.06 bits per heavy atom. The van der Waals surface area contributed by atoms with Gasteiger partial charge in [0.1, 0.15) is 5.82 Å². The Morgan fingerprint density at radius 3 is 2.65 bits per heavy atom. The highest BCUT2D eigenvalue weighted by Gasteiger charge is 2.11. The Bertz CT molecular complexity index is 422. The highest BCUT2D eigenvalue weighted by molar-refractivity contribution is 5.77. The molecular weight excluding hydrogens is 230 g/mol. The van der Waals surface area contributed by atoms with Gasteiger partial charge in [-0.3, -0.25) is 4.79 Å². The second-order valence-electron chi connectivity index (χ2n) is 3.82. The van der Waals surface area contributed by atoms with Gasteiger partial charge in [0.05, 0.1) is 5.69 Å². The Balaban J connectivity index is 2.63. The maximum atomic E-state index is 13.2. The molecule has 0 spiro atoms. The van der Waals surface area contributed by atoms with Crippen molar-refractivity contribution in [1.82, 2.24) is 5.32 Å². The van der Waals surface area contributed by atoms with Gasteiger partial charge in [-0.25, -0.2) is 8.78 Å². The van der Waals surface area contributed by atoms with Crippen molar-refractivity contribution < 1.29 is 18.3 Å². The van der Waals surface area contributed by atoms with Crippen molar-refractivity contribution in [2.75, 3.05) is 12.3 Å². The highest BCUT2D eigenvalue weighted by atomic mass is 19.1. The number of nitrogens with one attached hydrogen (secondary N) is 1. The number of hydrogen-bond donors (Lipinski definition) is 2. The molecule has 3 N–H and O–H groups in total. The second-order valence-corrected chi connectivity index (χ2v) is 3.82. The number of carbonyl (C=O) groups is 1. The van der Waals surface area contributed by atoms with Crippen molar-refractivity contribution in [1.29, 1.82) is 0 Å². The molecule has 0 radical (unpaired) electrons. The Hall–Kier alpha value is -1.85. The summed E-state index contributed by atoms with van der Waals surface area (Å²) in [4.78, 5) is 11.2. The van der Waals surface area contributed by atoms with Gasteiger partial charge >= 0.3 is 0 Å². The van der Waals surface area contributed by atoms with Gasteiger partial charge in [0.25, 0.3) is 5.91 Å². The van der Waals surface area contributed by atoms with Crippen LogP contribution in [0.15, 0.2) is 12.1 Å². The average molecular weight is 244 g/mol. The number of ether oxygens (including phenoxy) is 1. The van der Waals surface area contributed by atoms with Crippen LogP contribution in [0.3, 0.4) is 0 Å².